The molecule has 0 radical (unpaired) electrons. The number of benzene rings is 4. The van der Waals surface area contributed by atoms with Crippen LogP contribution in [0.2, 0.25) is 0 Å². The normalized spacial score (nSPS) is 12.2. The van der Waals surface area contributed by atoms with Crippen LogP contribution in [0, 0.1) is 0 Å². The molecule has 0 spiro atoms. The lowest BCUT2D eigenvalue weighted by molar-refractivity contribution is 0.108. The topological polar surface area (TPSA) is 122 Å². The number of oxazole rings is 1. The van der Waals surface area contributed by atoms with Crippen molar-refractivity contribution in [3.8, 4) is 57.2 Å². The van der Waals surface area contributed by atoms with E-state index in [-0.39, 0.29) is 13.2 Å². The van der Waals surface area contributed by atoms with Gasteiger partial charge in [0, 0.05) is 11.1 Å². The van der Waals surface area contributed by atoms with E-state index in [0.29, 0.717) is 57.2 Å². The van der Waals surface area contributed by atoms with Gasteiger partial charge in [-0.25, -0.2) is 4.98 Å². The van der Waals surface area contributed by atoms with Gasteiger partial charge in [0.05, 0.1) is 28.4 Å². The summed E-state index contributed by atoms with van der Waals surface area (Å²) in [6.07, 6.45) is -0.101. The molecule has 5 rings (SSSR count). The molecule has 234 valence electrons. The minimum atomic E-state index is -0.849. The summed E-state index contributed by atoms with van der Waals surface area (Å²) >= 11 is 0. The molecule has 10 heteroatoms. The molecule has 0 aliphatic carbocycles. The van der Waals surface area contributed by atoms with Gasteiger partial charge in [-0.05, 0) is 83.9 Å². The Morgan fingerprint density at radius 1 is 0.578 bits per heavy atom. The molecule has 1 heterocycles. The molecule has 0 saturated carbocycles. The average molecular weight is 614 g/mol. The van der Waals surface area contributed by atoms with Gasteiger partial charge in [-0.1, -0.05) is 12.1 Å². The van der Waals surface area contributed by atoms with Crippen molar-refractivity contribution in [3.63, 3.8) is 0 Å². The first-order valence-electron chi connectivity index (χ1n) is 14.1. The number of aliphatic hydroxyl groups excluding tert-OH is 2. The van der Waals surface area contributed by atoms with E-state index < -0.39 is 12.2 Å². The zero-order valence-electron chi connectivity index (χ0n) is 25.4. The van der Waals surface area contributed by atoms with E-state index in [2.05, 4.69) is 4.98 Å². The minimum Gasteiger partial charge on any atom is -0.493 e. The minimum absolute atomic E-state index is 0.0624. The predicted molar refractivity (Wildman–Crippen MR) is 167 cm³/mol. The number of nitrogens with zero attached hydrogens (tertiary/aromatic N) is 1. The maximum absolute atomic E-state index is 10.6. The van der Waals surface area contributed by atoms with Gasteiger partial charge in [0.25, 0.3) is 0 Å². The number of ether oxygens (including phenoxy) is 6. The van der Waals surface area contributed by atoms with Crippen LogP contribution in [0.15, 0.2) is 95.6 Å². The maximum Gasteiger partial charge on any atom is 0.226 e. The number of aromatic nitrogens is 1. The Labute approximate surface area is 261 Å². The Kier molecular flexibility index (Phi) is 10.1. The Hall–Kier alpha value is -5.19. The fraction of sp³-hybridized carbons (Fsp3) is 0.229. The van der Waals surface area contributed by atoms with Crippen molar-refractivity contribution in [2.45, 2.75) is 12.2 Å². The molecule has 4 aromatic carbocycles. The highest BCUT2D eigenvalue weighted by Gasteiger charge is 2.15. The van der Waals surface area contributed by atoms with Gasteiger partial charge < -0.3 is 43.1 Å². The van der Waals surface area contributed by atoms with Crippen LogP contribution in [0.5, 0.6) is 34.5 Å². The van der Waals surface area contributed by atoms with Gasteiger partial charge in [-0.3, -0.25) is 0 Å². The fourth-order valence-electron chi connectivity index (χ4n) is 4.62. The first-order valence-corrected chi connectivity index (χ1v) is 14.1. The van der Waals surface area contributed by atoms with Gasteiger partial charge in [-0.15, -0.1) is 0 Å². The maximum atomic E-state index is 10.6. The first kappa shape index (κ1) is 31.2. The van der Waals surface area contributed by atoms with Crippen molar-refractivity contribution in [3.05, 3.63) is 102 Å². The molecule has 0 amide bonds. The third-order valence-corrected chi connectivity index (χ3v) is 7.16. The standard InChI is InChI=1S/C35H35NO9/c1-39-31-15-9-24(17-33(31)41-3)29(37)20-43-26-11-5-22(6-12-26)28-19-45-35(36-28)23-7-13-27(14-8-23)44-21-30(38)25-10-16-32(40-2)34(18-25)42-4/h5-19,29-30,37-38H,20-21H2,1-4H3. The lowest BCUT2D eigenvalue weighted by Gasteiger charge is -2.15. The summed E-state index contributed by atoms with van der Waals surface area (Å²) in [4.78, 5) is 4.63. The van der Waals surface area contributed by atoms with Gasteiger partial charge >= 0.3 is 0 Å². The third-order valence-electron chi connectivity index (χ3n) is 7.16. The van der Waals surface area contributed by atoms with Crippen molar-refractivity contribution >= 4 is 0 Å². The monoisotopic (exact) mass is 613 g/mol. The highest BCUT2D eigenvalue weighted by Crippen LogP contribution is 2.32. The smallest absolute Gasteiger partial charge is 0.226 e. The molecule has 0 aliphatic heterocycles. The highest BCUT2D eigenvalue weighted by molar-refractivity contribution is 5.63. The van der Waals surface area contributed by atoms with E-state index in [1.165, 1.54) is 0 Å². The van der Waals surface area contributed by atoms with Crippen molar-refractivity contribution in [2.75, 3.05) is 41.7 Å². The summed E-state index contributed by atoms with van der Waals surface area (Å²) in [5.74, 6) is 3.91. The average Bonchev–Trinajstić information content (AvgIpc) is 3.59. The van der Waals surface area contributed by atoms with Crippen LogP contribution in [0.1, 0.15) is 23.3 Å². The summed E-state index contributed by atoms with van der Waals surface area (Å²) in [7, 11) is 6.22. The molecule has 2 N–H and O–H groups in total. The molecule has 2 unspecified atom stereocenters. The van der Waals surface area contributed by atoms with E-state index in [4.69, 9.17) is 32.8 Å². The number of aliphatic hydroxyl groups is 2. The number of hydrogen-bond donors (Lipinski definition) is 2. The summed E-state index contributed by atoms with van der Waals surface area (Å²) in [6, 6.07) is 25.1. The number of rotatable bonds is 14. The zero-order valence-corrected chi connectivity index (χ0v) is 25.4. The Morgan fingerprint density at radius 3 is 1.47 bits per heavy atom. The molecule has 0 fully saturated rings. The van der Waals surface area contributed by atoms with E-state index in [1.54, 1.807) is 83.2 Å². The van der Waals surface area contributed by atoms with Crippen LogP contribution in [0.25, 0.3) is 22.7 Å². The Morgan fingerprint density at radius 2 is 1.02 bits per heavy atom. The van der Waals surface area contributed by atoms with Crippen molar-refractivity contribution in [1.29, 1.82) is 0 Å². The summed E-state index contributed by atoms with van der Waals surface area (Å²) in [5, 5.41) is 21.2. The fourth-order valence-corrected chi connectivity index (χ4v) is 4.62. The SMILES string of the molecule is COc1ccc(C(O)COc2ccc(-c3coc(-c4ccc(OCC(O)c5ccc(OC)c(OC)c5)cc4)n3)cc2)cc1OC. The van der Waals surface area contributed by atoms with Crippen molar-refractivity contribution in [1.82, 2.24) is 4.98 Å². The Bertz CT molecular complexity index is 1560. The van der Waals surface area contributed by atoms with Crippen molar-refractivity contribution < 1.29 is 43.1 Å². The molecule has 45 heavy (non-hydrogen) atoms. The lowest BCUT2D eigenvalue weighted by atomic mass is 10.1. The van der Waals surface area contributed by atoms with Gasteiger partial charge in [-0.2, -0.15) is 0 Å². The van der Waals surface area contributed by atoms with Gasteiger partial charge in [0.15, 0.2) is 23.0 Å². The van der Waals surface area contributed by atoms with E-state index >= 15 is 0 Å². The summed E-state index contributed by atoms with van der Waals surface area (Å²) in [6.45, 7) is 0.130. The molecule has 2 atom stereocenters. The van der Waals surface area contributed by atoms with Crippen LogP contribution >= 0.6 is 0 Å². The van der Waals surface area contributed by atoms with Gasteiger partial charge in [0.1, 0.15) is 48.9 Å². The molecular formula is C35H35NO9. The van der Waals surface area contributed by atoms with Crippen LogP contribution in [-0.2, 0) is 0 Å². The molecular weight excluding hydrogens is 578 g/mol. The molecule has 1 aromatic heterocycles. The predicted octanol–water partition coefficient (Wildman–Crippen LogP) is 6.27. The van der Waals surface area contributed by atoms with Crippen LogP contribution in [0.3, 0.4) is 0 Å². The summed E-state index contributed by atoms with van der Waals surface area (Å²) in [5.41, 5.74) is 3.61. The third kappa shape index (κ3) is 7.49. The first-order chi connectivity index (χ1) is 21.9. The van der Waals surface area contributed by atoms with Crippen LogP contribution < -0.4 is 28.4 Å². The highest BCUT2D eigenvalue weighted by atomic mass is 16.5. The second kappa shape index (κ2) is 14.5. The van der Waals surface area contributed by atoms with E-state index in [1.807, 2.05) is 36.4 Å². The quantitative estimate of drug-likeness (QED) is 0.148. The largest absolute Gasteiger partial charge is 0.493 e. The number of methoxy groups -OCH3 is 4. The molecule has 5 aromatic rings. The van der Waals surface area contributed by atoms with Crippen molar-refractivity contribution in [2.24, 2.45) is 0 Å². The molecule has 10 nitrogen and oxygen atoms in total. The molecule has 0 bridgehead atoms. The van der Waals surface area contributed by atoms with E-state index in [0.717, 1.165) is 11.1 Å². The zero-order chi connectivity index (χ0) is 31.8. The van der Waals surface area contributed by atoms with Gasteiger partial charge in [0.2, 0.25) is 5.89 Å². The Balaban J connectivity index is 1.15. The molecule has 0 saturated heterocycles. The second-order valence-electron chi connectivity index (χ2n) is 9.97. The summed E-state index contributed by atoms with van der Waals surface area (Å²) < 4.78 is 38.5. The van der Waals surface area contributed by atoms with Crippen LogP contribution in [0.4, 0.5) is 0 Å². The van der Waals surface area contributed by atoms with Crippen LogP contribution in [-0.4, -0.2) is 56.8 Å². The lowest BCUT2D eigenvalue weighted by Crippen LogP contribution is -2.10. The van der Waals surface area contributed by atoms with E-state index in [9.17, 15) is 10.2 Å². The second-order valence-corrected chi connectivity index (χ2v) is 9.97. The number of hydrogen-bond acceptors (Lipinski definition) is 10. The molecule has 0 aliphatic rings.